The van der Waals surface area contributed by atoms with E-state index in [9.17, 15) is 0 Å². The van der Waals surface area contributed by atoms with Crippen LogP contribution in [0, 0.1) is 5.92 Å². The average Bonchev–Trinajstić information content (AvgIpc) is 2.55. The first-order valence-electron chi connectivity index (χ1n) is 4.90. The fraction of sp³-hybridized carbons (Fsp3) is 0.636. The Kier molecular flexibility index (Phi) is 3.94. The highest BCUT2D eigenvalue weighted by molar-refractivity contribution is 7.10. The number of thiophene rings is 1. The number of hydrogen-bond acceptors (Lipinski definition) is 2. The average molecular weight is 197 g/mol. The molecule has 0 amide bonds. The van der Waals surface area contributed by atoms with Crippen LogP contribution in [0.3, 0.4) is 0 Å². The molecule has 2 atom stereocenters. The molecule has 0 aliphatic carbocycles. The normalized spacial score (nSPS) is 16.1. The lowest BCUT2D eigenvalue weighted by molar-refractivity contribution is 0.391. The Bertz CT molecular complexity index is 228. The molecule has 0 fully saturated rings. The van der Waals surface area contributed by atoms with Crippen molar-refractivity contribution in [2.24, 2.45) is 5.92 Å². The van der Waals surface area contributed by atoms with Crippen LogP contribution in [0.2, 0.25) is 0 Å². The zero-order chi connectivity index (χ0) is 9.84. The minimum absolute atomic E-state index is 0.484. The molecule has 2 heteroatoms. The summed E-state index contributed by atoms with van der Waals surface area (Å²) < 4.78 is 0. The Morgan fingerprint density at radius 2 is 1.92 bits per heavy atom. The first-order chi connectivity index (χ1) is 6.11. The molecule has 1 rings (SSSR count). The first-order valence-corrected chi connectivity index (χ1v) is 5.78. The minimum atomic E-state index is 0.484. The highest BCUT2D eigenvalue weighted by atomic mass is 32.1. The van der Waals surface area contributed by atoms with Gasteiger partial charge in [-0.25, -0.2) is 0 Å². The molecule has 1 aromatic heterocycles. The van der Waals surface area contributed by atoms with Gasteiger partial charge in [0.05, 0.1) is 0 Å². The molecule has 0 bridgehead atoms. The van der Waals surface area contributed by atoms with E-state index in [4.69, 9.17) is 0 Å². The lowest BCUT2D eigenvalue weighted by atomic mass is 10.1. The van der Waals surface area contributed by atoms with Crippen molar-refractivity contribution < 1.29 is 0 Å². The maximum absolute atomic E-state index is 3.59. The second-order valence-corrected chi connectivity index (χ2v) is 4.92. The third-order valence-corrected chi connectivity index (χ3v) is 3.54. The van der Waals surface area contributed by atoms with E-state index in [1.165, 1.54) is 4.88 Å². The summed E-state index contributed by atoms with van der Waals surface area (Å²) in [5.41, 5.74) is 0. The summed E-state index contributed by atoms with van der Waals surface area (Å²) in [5.74, 6) is 0.697. The number of rotatable bonds is 4. The van der Waals surface area contributed by atoms with Crippen molar-refractivity contribution >= 4 is 11.3 Å². The molecule has 0 aromatic carbocycles. The molecule has 1 heterocycles. The Morgan fingerprint density at radius 1 is 1.23 bits per heavy atom. The predicted octanol–water partition coefficient (Wildman–Crippen LogP) is 3.44. The zero-order valence-corrected chi connectivity index (χ0v) is 9.69. The lowest BCUT2D eigenvalue weighted by Crippen LogP contribution is -2.32. The Morgan fingerprint density at radius 3 is 2.38 bits per heavy atom. The van der Waals surface area contributed by atoms with Crippen LogP contribution >= 0.6 is 11.3 Å². The fourth-order valence-corrected chi connectivity index (χ4v) is 1.95. The van der Waals surface area contributed by atoms with E-state index in [0.717, 1.165) is 0 Å². The third kappa shape index (κ3) is 3.12. The van der Waals surface area contributed by atoms with Gasteiger partial charge in [0, 0.05) is 17.0 Å². The Hall–Kier alpha value is -0.340. The predicted molar refractivity (Wildman–Crippen MR) is 60.2 cm³/mol. The first kappa shape index (κ1) is 10.7. The molecule has 1 aromatic rings. The van der Waals surface area contributed by atoms with E-state index in [2.05, 4.69) is 50.5 Å². The maximum atomic E-state index is 3.59. The van der Waals surface area contributed by atoms with Crippen LogP contribution in [-0.4, -0.2) is 6.04 Å². The molecule has 0 saturated heterocycles. The van der Waals surface area contributed by atoms with Gasteiger partial charge in [0.2, 0.25) is 0 Å². The van der Waals surface area contributed by atoms with Crippen molar-refractivity contribution in [3.05, 3.63) is 22.4 Å². The van der Waals surface area contributed by atoms with Gasteiger partial charge < -0.3 is 5.32 Å². The number of hydrogen-bond donors (Lipinski definition) is 1. The van der Waals surface area contributed by atoms with Crippen molar-refractivity contribution in [1.29, 1.82) is 0 Å². The topological polar surface area (TPSA) is 12.0 Å². The fourth-order valence-electron chi connectivity index (χ4n) is 1.21. The highest BCUT2D eigenvalue weighted by Gasteiger charge is 2.12. The molecule has 0 aliphatic rings. The van der Waals surface area contributed by atoms with Gasteiger partial charge in [-0.05, 0) is 31.2 Å². The Balaban J connectivity index is 2.46. The summed E-state index contributed by atoms with van der Waals surface area (Å²) in [7, 11) is 0. The maximum Gasteiger partial charge on any atom is 0.0388 e. The van der Waals surface area contributed by atoms with Crippen LogP contribution in [0.1, 0.15) is 38.6 Å². The minimum Gasteiger partial charge on any atom is -0.307 e. The second-order valence-electron chi connectivity index (χ2n) is 3.94. The monoisotopic (exact) mass is 197 g/mol. The van der Waals surface area contributed by atoms with E-state index in [1.807, 2.05) is 11.3 Å². The molecule has 74 valence electrons. The quantitative estimate of drug-likeness (QED) is 0.779. The summed E-state index contributed by atoms with van der Waals surface area (Å²) >= 11 is 1.82. The van der Waals surface area contributed by atoms with Crippen LogP contribution < -0.4 is 5.32 Å². The summed E-state index contributed by atoms with van der Waals surface area (Å²) in [6.45, 7) is 8.97. The number of nitrogens with one attached hydrogen (secondary N) is 1. The van der Waals surface area contributed by atoms with Crippen LogP contribution in [-0.2, 0) is 0 Å². The molecule has 0 aliphatic heterocycles. The van der Waals surface area contributed by atoms with E-state index in [-0.39, 0.29) is 0 Å². The third-order valence-electron chi connectivity index (χ3n) is 2.48. The molecule has 1 N–H and O–H groups in total. The van der Waals surface area contributed by atoms with Gasteiger partial charge >= 0.3 is 0 Å². The van der Waals surface area contributed by atoms with E-state index >= 15 is 0 Å². The van der Waals surface area contributed by atoms with Crippen molar-refractivity contribution in [3.8, 4) is 0 Å². The van der Waals surface area contributed by atoms with Gasteiger partial charge in [-0.3, -0.25) is 0 Å². The largest absolute Gasteiger partial charge is 0.307 e. The molecular weight excluding hydrogens is 178 g/mol. The van der Waals surface area contributed by atoms with Gasteiger partial charge in [0.1, 0.15) is 0 Å². The van der Waals surface area contributed by atoms with E-state index in [0.29, 0.717) is 18.0 Å². The van der Waals surface area contributed by atoms with Crippen molar-refractivity contribution in [2.45, 2.75) is 39.8 Å². The molecular formula is C11H19NS. The molecule has 13 heavy (non-hydrogen) atoms. The lowest BCUT2D eigenvalue weighted by Gasteiger charge is -2.22. The van der Waals surface area contributed by atoms with Gasteiger partial charge in [-0.1, -0.05) is 19.9 Å². The summed E-state index contributed by atoms with van der Waals surface area (Å²) in [5, 5.41) is 5.72. The van der Waals surface area contributed by atoms with Gasteiger partial charge in [0.25, 0.3) is 0 Å². The SMILES string of the molecule is CC(NC(C)C(C)C)c1cccs1. The van der Waals surface area contributed by atoms with Crippen molar-refractivity contribution in [2.75, 3.05) is 0 Å². The Labute approximate surface area is 85.2 Å². The highest BCUT2D eigenvalue weighted by Crippen LogP contribution is 2.19. The summed E-state index contributed by atoms with van der Waals surface area (Å²) in [4.78, 5) is 1.42. The van der Waals surface area contributed by atoms with Crippen LogP contribution in [0.15, 0.2) is 17.5 Å². The molecule has 0 radical (unpaired) electrons. The van der Waals surface area contributed by atoms with Gasteiger partial charge in [-0.2, -0.15) is 0 Å². The van der Waals surface area contributed by atoms with E-state index in [1.54, 1.807) is 0 Å². The standard InChI is InChI=1S/C11H19NS/c1-8(2)9(3)12-10(4)11-6-5-7-13-11/h5-10,12H,1-4H3. The van der Waals surface area contributed by atoms with Crippen LogP contribution in [0.4, 0.5) is 0 Å². The summed E-state index contributed by atoms with van der Waals surface area (Å²) in [6, 6.07) is 5.36. The molecule has 0 saturated carbocycles. The molecule has 0 spiro atoms. The zero-order valence-electron chi connectivity index (χ0n) is 8.87. The molecule has 1 nitrogen and oxygen atoms in total. The van der Waals surface area contributed by atoms with Gasteiger partial charge in [0.15, 0.2) is 0 Å². The van der Waals surface area contributed by atoms with E-state index < -0.39 is 0 Å². The smallest absolute Gasteiger partial charge is 0.0388 e. The second kappa shape index (κ2) is 4.77. The summed E-state index contributed by atoms with van der Waals surface area (Å²) in [6.07, 6.45) is 0. The van der Waals surface area contributed by atoms with Crippen LogP contribution in [0.25, 0.3) is 0 Å². The van der Waals surface area contributed by atoms with Crippen molar-refractivity contribution in [3.63, 3.8) is 0 Å². The van der Waals surface area contributed by atoms with Gasteiger partial charge in [-0.15, -0.1) is 11.3 Å². The van der Waals surface area contributed by atoms with Crippen LogP contribution in [0.5, 0.6) is 0 Å². The van der Waals surface area contributed by atoms with Crippen molar-refractivity contribution in [1.82, 2.24) is 5.32 Å². The molecule has 2 unspecified atom stereocenters.